The first-order valence-corrected chi connectivity index (χ1v) is 9.25. The molecule has 3 N–H and O–H groups in total. The smallest absolute Gasteiger partial charge is 0.323 e. The summed E-state index contributed by atoms with van der Waals surface area (Å²) in [6, 6.07) is -0.604. The van der Waals surface area contributed by atoms with Gasteiger partial charge in [0.2, 0.25) is 0 Å². The van der Waals surface area contributed by atoms with Crippen LogP contribution in [0.5, 0.6) is 0 Å². The van der Waals surface area contributed by atoms with Crippen LogP contribution in [0.3, 0.4) is 0 Å². The molecule has 1 atom stereocenters. The quantitative estimate of drug-likeness (QED) is 0.375. The van der Waals surface area contributed by atoms with Crippen molar-refractivity contribution in [1.82, 2.24) is 5.32 Å². The third kappa shape index (κ3) is 12.0. The Morgan fingerprint density at radius 1 is 0.864 bits per heavy atom. The largest absolute Gasteiger partial charge is 0.480 e. The Balaban J connectivity index is 4.09. The topological polar surface area (TPSA) is 69.6 Å². The van der Waals surface area contributed by atoms with E-state index in [1.807, 2.05) is 0 Å². The van der Waals surface area contributed by atoms with Gasteiger partial charge in [-0.15, -0.1) is 0 Å². The summed E-state index contributed by atoms with van der Waals surface area (Å²) < 4.78 is 0. The number of aliphatic hydroxyl groups is 1. The van der Waals surface area contributed by atoms with Crippen LogP contribution in [-0.4, -0.2) is 34.9 Å². The SMILES string of the molecule is CCCCCCCC(CCCCCCC)NC(CO)C(=O)O. The van der Waals surface area contributed by atoms with Crippen molar-refractivity contribution >= 4 is 5.97 Å². The summed E-state index contributed by atoms with van der Waals surface area (Å²) in [5.41, 5.74) is 0. The van der Waals surface area contributed by atoms with Crippen LogP contribution in [-0.2, 0) is 4.79 Å². The minimum atomic E-state index is -0.954. The third-order valence-electron chi connectivity index (χ3n) is 4.23. The number of unbranched alkanes of at least 4 members (excludes halogenated alkanes) is 8. The van der Waals surface area contributed by atoms with Gasteiger partial charge in [0, 0.05) is 6.04 Å². The number of hydrogen-bond acceptors (Lipinski definition) is 3. The fourth-order valence-corrected chi connectivity index (χ4v) is 2.79. The Kier molecular flexibility index (Phi) is 14.9. The fourth-order valence-electron chi connectivity index (χ4n) is 2.79. The number of carboxylic acid groups (broad SMARTS) is 1. The van der Waals surface area contributed by atoms with Crippen LogP contribution in [0.4, 0.5) is 0 Å². The molecule has 4 nitrogen and oxygen atoms in total. The van der Waals surface area contributed by atoms with Gasteiger partial charge in [-0.1, -0.05) is 78.1 Å². The van der Waals surface area contributed by atoms with Gasteiger partial charge in [-0.25, -0.2) is 0 Å². The molecular formula is C18H37NO3. The lowest BCUT2D eigenvalue weighted by molar-refractivity contribution is -0.140. The normalized spacial score (nSPS) is 12.7. The molecule has 0 aliphatic heterocycles. The lowest BCUT2D eigenvalue weighted by Crippen LogP contribution is -2.45. The van der Waals surface area contributed by atoms with Gasteiger partial charge in [-0.3, -0.25) is 10.1 Å². The standard InChI is InChI=1S/C18H37NO3/c1-3-5-7-9-11-13-16(14-12-10-8-6-4-2)19-17(15-20)18(21)22/h16-17,19-20H,3-15H2,1-2H3,(H,21,22). The maximum Gasteiger partial charge on any atom is 0.323 e. The van der Waals surface area contributed by atoms with E-state index < -0.39 is 12.0 Å². The molecule has 0 rings (SSSR count). The second-order valence-electron chi connectivity index (χ2n) is 6.34. The minimum absolute atomic E-state index is 0.219. The van der Waals surface area contributed by atoms with E-state index in [9.17, 15) is 9.90 Å². The molecule has 0 amide bonds. The van der Waals surface area contributed by atoms with Crippen molar-refractivity contribution in [2.45, 2.75) is 103 Å². The highest BCUT2D eigenvalue weighted by Crippen LogP contribution is 2.14. The maximum absolute atomic E-state index is 11.1. The zero-order valence-electron chi connectivity index (χ0n) is 14.6. The summed E-state index contributed by atoms with van der Waals surface area (Å²) in [6.07, 6.45) is 14.3. The van der Waals surface area contributed by atoms with E-state index >= 15 is 0 Å². The van der Waals surface area contributed by atoms with Crippen molar-refractivity contribution < 1.29 is 15.0 Å². The summed E-state index contributed by atoms with van der Waals surface area (Å²) in [5, 5.41) is 21.4. The molecule has 0 saturated heterocycles. The van der Waals surface area contributed by atoms with Crippen molar-refractivity contribution in [1.29, 1.82) is 0 Å². The van der Waals surface area contributed by atoms with E-state index in [1.165, 1.54) is 51.4 Å². The molecule has 0 aromatic carbocycles. The van der Waals surface area contributed by atoms with E-state index in [2.05, 4.69) is 19.2 Å². The highest BCUT2D eigenvalue weighted by molar-refractivity contribution is 5.73. The summed E-state index contributed by atoms with van der Waals surface area (Å²) >= 11 is 0. The van der Waals surface area contributed by atoms with Gasteiger partial charge in [-0.05, 0) is 12.8 Å². The van der Waals surface area contributed by atoms with Gasteiger partial charge in [0.1, 0.15) is 6.04 Å². The van der Waals surface area contributed by atoms with Gasteiger partial charge in [0.05, 0.1) is 6.61 Å². The molecule has 1 unspecified atom stereocenters. The molecule has 0 bridgehead atoms. The molecular weight excluding hydrogens is 278 g/mol. The predicted octanol–water partition coefficient (Wildman–Crippen LogP) is 4.11. The molecule has 0 aliphatic carbocycles. The highest BCUT2D eigenvalue weighted by Gasteiger charge is 2.20. The number of aliphatic hydroxyl groups excluding tert-OH is 1. The van der Waals surface area contributed by atoms with Crippen LogP contribution in [0.2, 0.25) is 0 Å². The Bertz CT molecular complexity index is 245. The molecule has 0 aromatic heterocycles. The van der Waals surface area contributed by atoms with Crippen molar-refractivity contribution in [3.63, 3.8) is 0 Å². The van der Waals surface area contributed by atoms with Gasteiger partial charge in [0.15, 0.2) is 0 Å². The van der Waals surface area contributed by atoms with Gasteiger partial charge in [-0.2, -0.15) is 0 Å². The van der Waals surface area contributed by atoms with Gasteiger partial charge >= 0.3 is 5.97 Å². The zero-order chi connectivity index (χ0) is 16.6. The Hall–Kier alpha value is -0.610. The molecule has 4 heteroatoms. The molecule has 132 valence electrons. The summed E-state index contributed by atoms with van der Waals surface area (Å²) in [6.45, 7) is 4.08. The first-order valence-electron chi connectivity index (χ1n) is 9.25. The van der Waals surface area contributed by atoms with Crippen LogP contribution in [0.25, 0.3) is 0 Å². The second-order valence-corrected chi connectivity index (χ2v) is 6.34. The predicted molar refractivity (Wildman–Crippen MR) is 92.2 cm³/mol. The molecule has 0 saturated carbocycles. The highest BCUT2D eigenvalue weighted by atomic mass is 16.4. The van der Waals surface area contributed by atoms with E-state index in [0.29, 0.717) is 0 Å². The van der Waals surface area contributed by atoms with Crippen LogP contribution in [0, 0.1) is 0 Å². The number of carboxylic acids is 1. The van der Waals surface area contributed by atoms with Gasteiger partial charge < -0.3 is 10.2 Å². The first kappa shape index (κ1) is 21.4. The summed E-state index contributed by atoms with van der Waals surface area (Å²) in [5.74, 6) is -0.954. The molecule has 0 heterocycles. The van der Waals surface area contributed by atoms with Crippen molar-refractivity contribution in [2.75, 3.05) is 6.61 Å². The minimum Gasteiger partial charge on any atom is -0.480 e. The number of hydrogen-bond donors (Lipinski definition) is 3. The first-order chi connectivity index (χ1) is 10.7. The lowest BCUT2D eigenvalue weighted by atomic mass is 9.99. The lowest BCUT2D eigenvalue weighted by Gasteiger charge is -2.22. The Morgan fingerprint density at radius 3 is 1.68 bits per heavy atom. The number of aliphatic carboxylic acids is 1. The maximum atomic E-state index is 11.1. The van der Waals surface area contributed by atoms with Crippen molar-refractivity contribution in [3.05, 3.63) is 0 Å². The number of rotatable bonds is 16. The van der Waals surface area contributed by atoms with E-state index in [-0.39, 0.29) is 12.6 Å². The van der Waals surface area contributed by atoms with Crippen LogP contribution >= 0.6 is 0 Å². The monoisotopic (exact) mass is 315 g/mol. The molecule has 0 radical (unpaired) electrons. The van der Waals surface area contributed by atoms with Crippen LogP contribution in [0.15, 0.2) is 0 Å². The molecule has 0 spiro atoms. The Morgan fingerprint density at radius 2 is 1.32 bits per heavy atom. The molecule has 0 aromatic rings. The van der Waals surface area contributed by atoms with Gasteiger partial charge in [0.25, 0.3) is 0 Å². The zero-order valence-corrected chi connectivity index (χ0v) is 14.6. The Labute approximate surface area is 136 Å². The number of nitrogens with one attached hydrogen (secondary N) is 1. The average Bonchev–Trinajstić information content (AvgIpc) is 2.50. The molecule has 0 aliphatic rings. The average molecular weight is 315 g/mol. The molecule has 0 fully saturated rings. The van der Waals surface area contributed by atoms with Crippen molar-refractivity contribution in [2.24, 2.45) is 0 Å². The van der Waals surface area contributed by atoms with Crippen LogP contribution in [0.1, 0.15) is 90.9 Å². The fraction of sp³-hybridized carbons (Fsp3) is 0.944. The van der Waals surface area contributed by atoms with E-state index in [4.69, 9.17) is 5.11 Å². The third-order valence-corrected chi connectivity index (χ3v) is 4.23. The second kappa shape index (κ2) is 15.3. The number of carbonyl (C=O) groups is 1. The van der Waals surface area contributed by atoms with Crippen LogP contribution < -0.4 is 5.32 Å². The van der Waals surface area contributed by atoms with E-state index in [1.54, 1.807) is 0 Å². The summed E-state index contributed by atoms with van der Waals surface area (Å²) in [4.78, 5) is 11.1. The van der Waals surface area contributed by atoms with Crippen molar-refractivity contribution in [3.8, 4) is 0 Å². The van der Waals surface area contributed by atoms with E-state index in [0.717, 1.165) is 25.7 Å². The summed E-state index contributed by atoms with van der Waals surface area (Å²) in [7, 11) is 0. The molecule has 22 heavy (non-hydrogen) atoms.